The lowest BCUT2D eigenvalue weighted by atomic mass is 9.97. The van der Waals surface area contributed by atoms with Crippen molar-refractivity contribution in [2.45, 2.75) is 402 Å². The van der Waals surface area contributed by atoms with E-state index in [9.17, 15) is 45.6 Å². The molecule has 0 bridgehead atoms. The van der Waals surface area contributed by atoms with Gasteiger partial charge >= 0.3 is 0 Å². The third-order valence-corrected chi connectivity index (χ3v) is 17.6. The lowest BCUT2D eigenvalue weighted by Crippen LogP contribution is -2.65. The summed E-state index contributed by atoms with van der Waals surface area (Å²) in [5.41, 5.74) is 0. The van der Waals surface area contributed by atoms with Crippen molar-refractivity contribution in [3.05, 3.63) is 0 Å². The molecule has 0 spiro atoms. The summed E-state index contributed by atoms with van der Waals surface area (Å²) in [5, 5.41) is 87.3. The fourth-order valence-electron chi connectivity index (χ4n) is 12.0. The molecule has 0 aliphatic carbocycles. The third-order valence-electron chi connectivity index (χ3n) is 17.6. The second kappa shape index (κ2) is 53.2. The lowest BCUT2D eigenvalue weighted by molar-refractivity contribution is -0.359. The van der Waals surface area contributed by atoms with E-state index in [-0.39, 0.29) is 12.5 Å². The molecule has 2 aliphatic heterocycles. The number of aliphatic hydroxyl groups is 8. The van der Waals surface area contributed by atoms with Crippen molar-refractivity contribution in [2.75, 3.05) is 19.8 Å². The van der Waals surface area contributed by atoms with Crippen LogP contribution in [0.4, 0.5) is 0 Å². The van der Waals surface area contributed by atoms with Crippen molar-refractivity contribution in [3.63, 3.8) is 0 Å². The van der Waals surface area contributed by atoms with Gasteiger partial charge in [-0.3, -0.25) is 4.79 Å². The minimum atomic E-state index is -1.78. The minimum absolute atomic E-state index is 0.199. The molecule has 482 valence electrons. The maximum Gasteiger partial charge on any atom is 0.220 e. The highest BCUT2D eigenvalue weighted by Gasteiger charge is 2.51. The van der Waals surface area contributed by atoms with Gasteiger partial charge in [-0.2, -0.15) is 0 Å². The molecule has 2 rings (SSSR count). The van der Waals surface area contributed by atoms with Gasteiger partial charge in [-0.05, 0) is 12.8 Å². The normalized spacial score (nSPS) is 24.0. The molecule has 0 saturated carbocycles. The molecule has 2 saturated heterocycles. The molecule has 1 amide bonds. The first-order valence-corrected chi connectivity index (χ1v) is 34.8. The Balaban J connectivity index is 1.57. The van der Waals surface area contributed by atoms with Crippen LogP contribution in [0.15, 0.2) is 0 Å². The quantitative estimate of drug-likeness (QED) is 0.0259. The summed E-state index contributed by atoms with van der Waals surface area (Å²) in [5.74, 6) is -0.199. The highest BCUT2D eigenvalue weighted by molar-refractivity contribution is 5.76. The molecule has 0 radical (unpaired) electrons. The molecule has 2 heterocycles. The predicted molar refractivity (Wildman–Crippen MR) is 328 cm³/mol. The van der Waals surface area contributed by atoms with E-state index >= 15 is 0 Å². The SMILES string of the molecule is CCCCCCCCCCCCCCCCCCCCCCCCCCCCCCCCCCCCC(=O)N[C@@H](CO[C@@H]1O[C@H](CO)[C@@H](O[C@@H]2O[C@H](CO)[C@H](O)C(O)C2O)C(O)C1O)[C@H](O)CCCCCCCCCCCCCCC. The Morgan fingerprint density at radius 1 is 0.395 bits per heavy atom. The number of ether oxygens (including phenoxy) is 4. The van der Waals surface area contributed by atoms with Crippen LogP contribution in [0.3, 0.4) is 0 Å². The molecule has 4 unspecified atom stereocenters. The molecule has 9 N–H and O–H groups in total. The summed E-state index contributed by atoms with van der Waals surface area (Å²) < 4.78 is 22.9. The van der Waals surface area contributed by atoms with Crippen LogP contribution < -0.4 is 5.32 Å². The van der Waals surface area contributed by atoms with Crippen LogP contribution in [0, 0.1) is 0 Å². The molecule has 0 aromatic carbocycles. The average Bonchev–Trinajstić information content (AvgIpc) is 3.51. The molecule has 0 aromatic rings. The lowest BCUT2D eigenvalue weighted by Gasteiger charge is -2.46. The number of rotatable bonds is 58. The van der Waals surface area contributed by atoms with E-state index in [1.807, 2.05) is 0 Å². The largest absolute Gasteiger partial charge is 0.394 e. The predicted octanol–water partition coefficient (Wildman–Crippen LogP) is 13.6. The number of nitrogens with one attached hydrogen (secondary N) is 1. The van der Waals surface area contributed by atoms with E-state index in [0.717, 1.165) is 51.4 Å². The van der Waals surface area contributed by atoms with E-state index in [2.05, 4.69) is 19.2 Å². The maximum atomic E-state index is 13.3. The van der Waals surface area contributed by atoms with Gasteiger partial charge in [-0.15, -0.1) is 0 Å². The van der Waals surface area contributed by atoms with Crippen molar-refractivity contribution in [1.82, 2.24) is 5.32 Å². The molecule has 2 aliphatic rings. The smallest absolute Gasteiger partial charge is 0.220 e. The van der Waals surface area contributed by atoms with E-state index in [1.165, 1.54) is 250 Å². The Bertz CT molecular complexity index is 1360. The second-order valence-corrected chi connectivity index (χ2v) is 25.0. The average molecular weight is 1160 g/mol. The Morgan fingerprint density at radius 3 is 1.05 bits per heavy atom. The third kappa shape index (κ3) is 38.0. The van der Waals surface area contributed by atoms with Crippen molar-refractivity contribution in [1.29, 1.82) is 0 Å². The van der Waals surface area contributed by atoms with Gasteiger partial charge in [0.05, 0.1) is 32.0 Å². The molecule has 0 aromatic heterocycles. The van der Waals surface area contributed by atoms with Crippen molar-refractivity contribution in [2.24, 2.45) is 0 Å². The van der Waals surface area contributed by atoms with Gasteiger partial charge in [0.15, 0.2) is 12.6 Å². The van der Waals surface area contributed by atoms with E-state index in [4.69, 9.17) is 18.9 Å². The number of unbranched alkanes of at least 4 members (excludes halogenated alkanes) is 45. The van der Waals surface area contributed by atoms with Gasteiger partial charge < -0.3 is 65.1 Å². The van der Waals surface area contributed by atoms with Gasteiger partial charge in [-0.1, -0.05) is 309 Å². The zero-order chi connectivity index (χ0) is 58.8. The van der Waals surface area contributed by atoms with Gasteiger partial charge in [0.25, 0.3) is 0 Å². The Kier molecular flexibility index (Phi) is 50.0. The Hall–Kier alpha value is -1.01. The fraction of sp³-hybridized carbons (Fsp3) is 0.985. The van der Waals surface area contributed by atoms with Gasteiger partial charge in [0, 0.05) is 6.42 Å². The van der Waals surface area contributed by atoms with E-state index < -0.39 is 86.8 Å². The molecule has 2 fully saturated rings. The van der Waals surface area contributed by atoms with Crippen molar-refractivity contribution >= 4 is 5.91 Å². The zero-order valence-electron chi connectivity index (χ0n) is 52.3. The summed E-state index contributed by atoms with van der Waals surface area (Å²) in [7, 11) is 0. The fourth-order valence-corrected chi connectivity index (χ4v) is 12.0. The molecular formula is C67H131NO13. The number of carbonyl (C=O) groups is 1. The summed E-state index contributed by atoms with van der Waals surface area (Å²) in [6, 6.07) is -0.823. The molecule has 12 atom stereocenters. The van der Waals surface area contributed by atoms with Crippen LogP contribution in [0.5, 0.6) is 0 Å². The van der Waals surface area contributed by atoms with Crippen molar-refractivity contribution in [3.8, 4) is 0 Å². The highest BCUT2D eigenvalue weighted by Crippen LogP contribution is 2.30. The summed E-state index contributed by atoms with van der Waals surface area (Å²) in [6.07, 6.45) is 45.8. The van der Waals surface area contributed by atoms with E-state index in [1.54, 1.807) is 0 Å². The minimum Gasteiger partial charge on any atom is -0.394 e. The highest BCUT2D eigenvalue weighted by atomic mass is 16.7. The van der Waals surface area contributed by atoms with Crippen molar-refractivity contribution < 1.29 is 64.6 Å². The molecule has 14 nitrogen and oxygen atoms in total. The Labute approximate surface area is 495 Å². The van der Waals surface area contributed by atoms with Gasteiger partial charge in [0.1, 0.15) is 48.8 Å². The standard InChI is InChI=1S/C67H131NO13/c1-3-5-7-9-11-13-15-17-18-19-20-21-22-23-24-25-26-27-28-29-30-31-32-33-34-35-36-37-39-41-43-45-47-49-51-59(72)68-55(56(71)50-48-46-44-42-40-38-16-14-12-10-8-6-4-2)54-78-66-64(77)62(75)65(58(53-70)80-66)81-67-63(76)61(74)60(73)57(52-69)79-67/h55-58,60-67,69-71,73-77H,3-54H2,1-2H3,(H,68,72)/t55-,56+,57+,58+,60-,61?,62?,63?,64?,65+,66+,67-/m0/s1. The van der Waals surface area contributed by atoms with Crippen LogP contribution in [-0.4, -0.2) is 140 Å². The van der Waals surface area contributed by atoms with Gasteiger partial charge in [0.2, 0.25) is 5.91 Å². The summed E-state index contributed by atoms with van der Waals surface area (Å²) in [6.45, 7) is 2.90. The first-order valence-electron chi connectivity index (χ1n) is 34.8. The van der Waals surface area contributed by atoms with Gasteiger partial charge in [-0.25, -0.2) is 0 Å². The number of hydrogen-bond donors (Lipinski definition) is 9. The zero-order valence-corrected chi connectivity index (χ0v) is 52.3. The number of carbonyl (C=O) groups excluding carboxylic acids is 1. The Morgan fingerprint density at radius 2 is 0.704 bits per heavy atom. The first kappa shape index (κ1) is 76.1. The van der Waals surface area contributed by atoms with E-state index in [0.29, 0.717) is 12.8 Å². The second-order valence-electron chi connectivity index (χ2n) is 25.0. The first-order chi connectivity index (χ1) is 39.6. The van der Waals surface area contributed by atoms with Crippen LogP contribution in [0.25, 0.3) is 0 Å². The van der Waals surface area contributed by atoms with Crippen LogP contribution in [0.2, 0.25) is 0 Å². The number of aliphatic hydroxyl groups excluding tert-OH is 8. The monoisotopic (exact) mass is 1160 g/mol. The maximum absolute atomic E-state index is 13.3. The molecule has 81 heavy (non-hydrogen) atoms. The van der Waals surface area contributed by atoms with Crippen LogP contribution in [-0.2, 0) is 23.7 Å². The number of hydrogen-bond acceptors (Lipinski definition) is 13. The topological polar surface area (TPSA) is 228 Å². The molecule has 14 heteroatoms. The summed E-state index contributed by atoms with van der Waals surface area (Å²) in [4.78, 5) is 13.3. The number of amides is 1. The van der Waals surface area contributed by atoms with Crippen LogP contribution in [0.1, 0.15) is 328 Å². The summed E-state index contributed by atoms with van der Waals surface area (Å²) >= 11 is 0. The van der Waals surface area contributed by atoms with Crippen LogP contribution >= 0.6 is 0 Å². The molecular weight excluding hydrogens is 1030 g/mol.